The van der Waals surface area contributed by atoms with Crippen molar-refractivity contribution in [3.8, 4) is 5.75 Å². The maximum atomic E-state index is 13.1. The third kappa shape index (κ3) is 4.41. The van der Waals surface area contributed by atoms with E-state index in [1.165, 1.54) is 18.2 Å². The van der Waals surface area contributed by atoms with Gasteiger partial charge in [0.2, 0.25) is 0 Å². The Morgan fingerprint density at radius 1 is 1.32 bits per heavy atom. The molecule has 2 aliphatic rings. The molecule has 1 amide bonds. The maximum absolute atomic E-state index is 13.1. The van der Waals surface area contributed by atoms with Gasteiger partial charge in [0.05, 0.1) is 17.2 Å². The molecule has 3 rings (SSSR count). The maximum Gasteiger partial charge on any atom is 0.260 e. The molecule has 0 aliphatic carbocycles. The van der Waals surface area contributed by atoms with E-state index in [-0.39, 0.29) is 23.6 Å². The van der Waals surface area contributed by atoms with Gasteiger partial charge in [-0.3, -0.25) is 9.69 Å². The smallest absolute Gasteiger partial charge is 0.260 e. The number of nitrogens with zero attached hydrogens (tertiary/aromatic N) is 3. The number of hydrogen-bond acceptors (Lipinski definition) is 5. The number of amides is 1. The lowest BCUT2D eigenvalue weighted by atomic mass is 10.1. The standard InChI is InChI=1S/C17H23ClFN3O3/c1-20-4-6-21(7-5-20)15-9-22(10-16(15)23)17(24)11-25-12-2-3-14(19)13(18)8-12/h2-3,8,15-16,23H,4-7,9-11H2,1H3/t15-,16-/m0/s1. The van der Waals surface area contributed by atoms with Gasteiger partial charge in [0.25, 0.3) is 5.91 Å². The number of carbonyl (C=O) groups excluding carboxylic acids is 1. The lowest BCUT2D eigenvalue weighted by Gasteiger charge is -2.37. The number of likely N-dealkylation sites (N-methyl/N-ethyl adjacent to an activating group) is 1. The number of benzene rings is 1. The highest BCUT2D eigenvalue weighted by Crippen LogP contribution is 2.22. The molecule has 2 fully saturated rings. The van der Waals surface area contributed by atoms with Crippen molar-refractivity contribution in [2.24, 2.45) is 0 Å². The van der Waals surface area contributed by atoms with Gasteiger partial charge in [-0.2, -0.15) is 0 Å². The zero-order valence-corrected chi connectivity index (χ0v) is 15.0. The summed E-state index contributed by atoms with van der Waals surface area (Å²) in [4.78, 5) is 18.5. The highest BCUT2D eigenvalue weighted by molar-refractivity contribution is 6.30. The Bertz CT molecular complexity index is 625. The third-order valence-corrected chi connectivity index (χ3v) is 5.16. The average Bonchev–Trinajstić information content (AvgIpc) is 2.98. The topological polar surface area (TPSA) is 56.2 Å². The van der Waals surface area contributed by atoms with Crippen molar-refractivity contribution in [3.05, 3.63) is 29.0 Å². The van der Waals surface area contributed by atoms with Gasteiger partial charge in [0.15, 0.2) is 6.61 Å². The molecular formula is C17H23ClFN3O3. The van der Waals surface area contributed by atoms with Gasteiger partial charge in [-0.1, -0.05) is 11.6 Å². The van der Waals surface area contributed by atoms with E-state index in [9.17, 15) is 14.3 Å². The number of ether oxygens (including phenoxy) is 1. The van der Waals surface area contributed by atoms with Crippen molar-refractivity contribution in [3.63, 3.8) is 0 Å². The molecule has 138 valence electrons. The summed E-state index contributed by atoms with van der Waals surface area (Å²) in [6.45, 7) is 4.36. The van der Waals surface area contributed by atoms with E-state index in [0.29, 0.717) is 18.8 Å². The molecule has 1 aromatic rings. The van der Waals surface area contributed by atoms with Crippen LogP contribution in [0.1, 0.15) is 0 Å². The summed E-state index contributed by atoms with van der Waals surface area (Å²) in [5, 5.41) is 10.3. The van der Waals surface area contributed by atoms with Crippen molar-refractivity contribution in [2.45, 2.75) is 12.1 Å². The first-order valence-corrected chi connectivity index (χ1v) is 8.78. The van der Waals surface area contributed by atoms with Crippen LogP contribution in [0.25, 0.3) is 0 Å². The highest BCUT2D eigenvalue weighted by atomic mass is 35.5. The normalized spacial score (nSPS) is 25.4. The Kier molecular flexibility index (Phi) is 5.78. The van der Waals surface area contributed by atoms with Crippen LogP contribution in [0.2, 0.25) is 5.02 Å². The van der Waals surface area contributed by atoms with Crippen LogP contribution in [0, 0.1) is 5.82 Å². The van der Waals surface area contributed by atoms with Crippen LogP contribution in [-0.2, 0) is 4.79 Å². The van der Waals surface area contributed by atoms with Crippen molar-refractivity contribution >= 4 is 17.5 Å². The molecule has 0 aromatic heterocycles. The van der Waals surface area contributed by atoms with Gasteiger partial charge in [-0.25, -0.2) is 4.39 Å². The molecule has 2 atom stereocenters. The summed E-state index contributed by atoms with van der Waals surface area (Å²) in [7, 11) is 2.08. The van der Waals surface area contributed by atoms with Crippen molar-refractivity contribution < 1.29 is 19.0 Å². The SMILES string of the molecule is CN1CCN([C@H]2CN(C(=O)COc3ccc(F)c(Cl)c3)C[C@@H]2O)CC1. The van der Waals surface area contributed by atoms with Crippen molar-refractivity contribution in [1.29, 1.82) is 0 Å². The summed E-state index contributed by atoms with van der Waals surface area (Å²) in [5.41, 5.74) is 0. The number of carbonyl (C=O) groups is 1. The monoisotopic (exact) mass is 371 g/mol. The fourth-order valence-electron chi connectivity index (χ4n) is 3.29. The molecule has 0 radical (unpaired) electrons. The first kappa shape index (κ1) is 18.4. The second-order valence-electron chi connectivity index (χ2n) is 6.64. The van der Waals surface area contributed by atoms with Gasteiger partial charge in [-0.15, -0.1) is 0 Å². The Morgan fingerprint density at radius 3 is 2.72 bits per heavy atom. The van der Waals surface area contributed by atoms with Gasteiger partial charge in [-0.05, 0) is 19.2 Å². The third-order valence-electron chi connectivity index (χ3n) is 4.87. The Labute approximate surface area is 151 Å². The number of hydrogen-bond donors (Lipinski definition) is 1. The Hall–Kier alpha value is -1.41. The Morgan fingerprint density at radius 2 is 2.04 bits per heavy atom. The lowest BCUT2D eigenvalue weighted by molar-refractivity contribution is -0.132. The number of likely N-dealkylation sites (tertiary alicyclic amines) is 1. The number of halogens is 2. The van der Waals surface area contributed by atoms with E-state index in [4.69, 9.17) is 16.3 Å². The fraction of sp³-hybridized carbons (Fsp3) is 0.588. The number of rotatable bonds is 4. The second-order valence-corrected chi connectivity index (χ2v) is 7.04. The minimum absolute atomic E-state index is 0.0297. The second kappa shape index (κ2) is 7.86. The first-order chi connectivity index (χ1) is 11.9. The van der Waals surface area contributed by atoms with Gasteiger partial charge in [0, 0.05) is 45.3 Å². The number of piperazine rings is 1. The van der Waals surface area contributed by atoms with E-state index in [1.807, 2.05) is 0 Å². The molecule has 0 spiro atoms. The molecular weight excluding hydrogens is 349 g/mol. The van der Waals surface area contributed by atoms with Crippen LogP contribution in [0.15, 0.2) is 18.2 Å². The Balaban J connectivity index is 1.52. The van der Waals surface area contributed by atoms with Crippen LogP contribution < -0.4 is 4.74 Å². The molecule has 8 heteroatoms. The minimum Gasteiger partial charge on any atom is -0.484 e. The lowest BCUT2D eigenvalue weighted by Crippen LogP contribution is -2.52. The van der Waals surface area contributed by atoms with E-state index in [1.54, 1.807) is 4.90 Å². The molecule has 2 heterocycles. The van der Waals surface area contributed by atoms with E-state index >= 15 is 0 Å². The molecule has 0 saturated carbocycles. The number of aliphatic hydroxyl groups excluding tert-OH is 1. The van der Waals surface area contributed by atoms with Gasteiger partial charge >= 0.3 is 0 Å². The predicted octanol–water partition coefficient (Wildman–Crippen LogP) is 0.677. The largest absolute Gasteiger partial charge is 0.484 e. The molecule has 1 aromatic carbocycles. The highest BCUT2D eigenvalue weighted by Gasteiger charge is 2.38. The summed E-state index contributed by atoms with van der Waals surface area (Å²) < 4.78 is 18.5. The molecule has 25 heavy (non-hydrogen) atoms. The molecule has 6 nitrogen and oxygen atoms in total. The quantitative estimate of drug-likeness (QED) is 0.843. The van der Waals surface area contributed by atoms with E-state index in [0.717, 1.165) is 26.2 Å². The molecule has 2 aliphatic heterocycles. The van der Waals surface area contributed by atoms with Crippen LogP contribution in [0.3, 0.4) is 0 Å². The molecule has 1 N–H and O–H groups in total. The van der Waals surface area contributed by atoms with Crippen molar-refractivity contribution in [1.82, 2.24) is 14.7 Å². The van der Waals surface area contributed by atoms with Gasteiger partial charge in [0.1, 0.15) is 11.6 Å². The average molecular weight is 372 g/mol. The summed E-state index contributed by atoms with van der Waals surface area (Å²) >= 11 is 5.70. The zero-order chi connectivity index (χ0) is 18.0. The zero-order valence-electron chi connectivity index (χ0n) is 14.2. The minimum atomic E-state index is -0.548. The number of β-amino-alcohol motifs (C(OH)–C–C–N with tert-alkyl or cyclic N) is 1. The van der Waals surface area contributed by atoms with E-state index < -0.39 is 11.9 Å². The van der Waals surface area contributed by atoms with Crippen LogP contribution in [0.4, 0.5) is 4.39 Å². The van der Waals surface area contributed by atoms with Gasteiger partial charge < -0.3 is 19.6 Å². The molecule has 0 unspecified atom stereocenters. The van der Waals surface area contributed by atoms with Crippen molar-refractivity contribution in [2.75, 3.05) is 52.9 Å². The first-order valence-electron chi connectivity index (χ1n) is 8.40. The molecule has 2 saturated heterocycles. The van der Waals surface area contributed by atoms with Crippen LogP contribution in [-0.4, -0.2) is 90.8 Å². The fourth-order valence-corrected chi connectivity index (χ4v) is 3.46. The van der Waals surface area contributed by atoms with Crippen LogP contribution in [0.5, 0.6) is 5.75 Å². The summed E-state index contributed by atoms with van der Waals surface area (Å²) in [6.07, 6.45) is -0.548. The van der Waals surface area contributed by atoms with E-state index in [2.05, 4.69) is 16.8 Å². The number of aliphatic hydroxyl groups is 1. The summed E-state index contributed by atoms with van der Waals surface area (Å²) in [5.74, 6) is -0.385. The molecule has 0 bridgehead atoms. The summed E-state index contributed by atoms with van der Waals surface area (Å²) in [6, 6.07) is 3.94. The predicted molar refractivity (Wildman–Crippen MR) is 92.3 cm³/mol. The van der Waals surface area contributed by atoms with Crippen LogP contribution >= 0.6 is 11.6 Å².